The molecule has 2 saturated carbocycles. The van der Waals surface area contributed by atoms with E-state index in [4.69, 9.17) is 4.74 Å². The zero-order chi connectivity index (χ0) is 13.1. The Morgan fingerprint density at radius 1 is 1.37 bits per heavy atom. The number of tetrazole rings is 1. The van der Waals surface area contributed by atoms with Crippen LogP contribution in [-0.4, -0.2) is 39.4 Å². The van der Waals surface area contributed by atoms with E-state index in [0.29, 0.717) is 24.1 Å². The summed E-state index contributed by atoms with van der Waals surface area (Å²) in [5.41, 5.74) is 0.359. The lowest BCUT2D eigenvalue weighted by Crippen LogP contribution is -2.64. The highest BCUT2D eigenvalue weighted by molar-refractivity contribution is 5.09. The molecule has 0 radical (unpaired) electrons. The summed E-state index contributed by atoms with van der Waals surface area (Å²) in [6.07, 6.45) is 8.20. The molecular formula is C13H23N5O. The number of aromatic amines is 1. The van der Waals surface area contributed by atoms with Crippen molar-refractivity contribution in [2.75, 3.05) is 6.61 Å². The standard InChI is InChI=1S/C13H23N5O/c1-2-19-11-8-10(13(11)6-4-3-5-7-13)14-9-12-15-17-18-16-12/h10-11,14H,2-9H2,1H3,(H,15,16,17,18). The molecule has 0 saturated heterocycles. The summed E-state index contributed by atoms with van der Waals surface area (Å²) >= 11 is 0. The SMILES string of the molecule is CCOC1CC(NCc2nn[nH]n2)C12CCCCC2. The number of ether oxygens (including phenoxy) is 1. The van der Waals surface area contributed by atoms with Gasteiger partial charge in [-0.3, -0.25) is 0 Å². The number of H-pyrrole nitrogens is 1. The Morgan fingerprint density at radius 2 is 2.21 bits per heavy atom. The van der Waals surface area contributed by atoms with Gasteiger partial charge in [0.15, 0.2) is 5.82 Å². The van der Waals surface area contributed by atoms with Crippen LogP contribution in [0.1, 0.15) is 51.3 Å². The van der Waals surface area contributed by atoms with Gasteiger partial charge in [0.1, 0.15) is 0 Å². The van der Waals surface area contributed by atoms with Crippen molar-refractivity contribution in [3.05, 3.63) is 5.82 Å². The lowest BCUT2D eigenvalue weighted by atomic mass is 9.55. The highest BCUT2D eigenvalue weighted by Crippen LogP contribution is 2.53. The molecule has 2 aliphatic carbocycles. The van der Waals surface area contributed by atoms with Gasteiger partial charge in [0.2, 0.25) is 0 Å². The normalized spacial score (nSPS) is 29.3. The molecule has 0 bridgehead atoms. The molecule has 6 heteroatoms. The maximum atomic E-state index is 5.95. The van der Waals surface area contributed by atoms with Crippen molar-refractivity contribution in [3.8, 4) is 0 Å². The first-order valence-corrected chi connectivity index (χ1v) is 7.42. The van der Waals surface area contributed by atoms with E-state index in [1.807, 2.05) is 0 Å². The second-order valence-corrected chi connectivity index (χ2v) is 5.74. The minimum Gasteiger partial charge on any atom is -0.378 e. The van der Waals surface area contributed by atoms with Crippen LogP contribution in [0.25, 0.3) is 0 Å². The maximum Gasteiger partial charge on any atom is 0.188 e. The van der Waals surface area contributed by atoms with Crippen LogP contribution in [0.3, 0.4) is 0 Å². The maximum absolute atomic E-state index is 5.95. The molecule has 1 aromatic heterocycles. The number of nitrogens with zero attached hydrogens (tertiary/aromatic N) is 3. The minimum atomic E-state index is 0.359. The Hall–Kier alpha value is -1.01. The lowest BCUT2D eigenvalue weighted by molar-refractivity contribution is -0.150. The number of hydrogen-bond acceptors (Lipinski definition) is 5. The molecule has 1 aromatic rings. The number of nitrogens with one attached hydrogen (secondary N) is 2. The molecular weight excluding hydrogens is 242 g/mol. The van der Waals surface area contributed by atoms with E-state index in [0.717, 1.165) is 18.9 Å². The van der Waals surface area contributed by atoms with Crippen molar-refractivity contribution in [3.63, 3.8) is 0 Å². The van der Waals surface area contributed by atoms with Gasteiger partial charge in [-0.15, -0.1) is 10.2 Å². The second-order valence-electron chi connectivity index (χ2n) is 5.74. The van der Waals surface area contributed by atoms with Gasteiger partial charge in [-0.2, -0.15) is 5.21 Å². The molecule has 106 valence electrons. The molecule has 6 nitrogen and oxygen atoms in total. The first-order valence-electron chi connectivity index (χ1n) is 7.42. The summed E-state index contributed by atoms with van der Waals surface area (Å²) in [5, 5.41) is 17.7. The van der Waals surface area contributed by atoms with Crippen molar-refractivity contribution < 1.29 is 4.74 Å². The number of rotatable bonds is 5. The first-order chi connectivity index (χ1) is 9.35. The van der Waals surface area contributed by atoms with Crippen molar-refractivity contribution in [2.24, 2.45) is 5.41 Å². The Bertz CT molecular complexity index is 388. The minimum absolute atomic E-state index is 0.359. The number of aromatic nitrogens is 4. The fourth-order valence-corrected chi connectivity index (χ4v) is 3.82. The molecule has 0 aromatic carbocycles. The van der Waals surface area contributed by atoms with E-state index in [1.54, 1.807) is 0 Å². The van der Waals surface area contributed by atoms with E-state index >= 15 is 0 Å². The predicted octanol–water partition coefficient (Wildman–Crippen LogP) is 1.42. The van der Waals surface area contributed by atoms with Crippen LogP contribution in [0.5, 0.6) is 0 Å². The fraction of sp³-hybridized carbons (Fsp3) is 0.923. The van der Waals surface area contributed by atoms with Gasteiger partial charge in [-0.1, -0.05) is 24.5 Å². The molecule has 2 aliphatic rings. The molecule has 1 heterocycles. The molecule has 1 spiro atoms. The molecule has 0 aliphatic heterocycles. The van der Waals surface area contributed by atoms with Crippen LogP contribution in [0.2, 0.25) is 0 Å². The van der Waals surface area contributed by atoms with Crippen LogP contribution < -0.4 is 5.32 Å². The van der Waals surface area contributed by atoms with Crippen molar-refractivity contribution in [1.29, 1.82) is 0 Å². The first kappa shape index (κ1) is 13.0. The Labute approximate surface area is 113 Å². The smallest absolute Gasteiger partial charge is 0.188 e. The summed E-state index contributed by atoms with van der Waals surface area (Å²) in [7, 11) is 0. The van der Waals surface area contributed by atoms with Gasteiger partial charge in [0.05, 0.1) is 12.6 Å². The van der Waals surface area contributed by atoms with Crippen LogP contribution in [0.15, 0.2) is 0 Å². The second kappa shape index (κ2) is 5.54. The lowest BCUT2D eigenvalue weighted by Gasteiger charge is -2.58. The third-order valence-corrected chi connectivity index (χ3v) is 4.83. The van der Waals surface area contributed by atoms with Gasteiger partial charge < -0.3 is 10.1 Å². The van der Waals surface area contributed by atoms with Gasteiger partial charge in [0.25, 0.3) is 0 Å². The molecule has 19 heavy (non-hydrogen) atoms. The summed E-state index contributed by atoms with van der Waals surface area (Å²) in [6.45, 7) is 3.61. The Morgan fingerprint density at radius 3 is 2.89 bits per heavy atom. The van der Waals surface area contributed by atoms with Crippen molar-refractivity contribution in [2.45, 2.75) is 64.1 Å². The summed E-state index contributed by atoms with van der Waals surface area (Å²) in [6, 6.07) is 0.544. The average Bonchev–Trinajstić information content (AvgIpc) is 2.96. The largest absolute Gasteiger partial charge is 0.378 e. The molecule has 0 amide bonds. The third-order valence-electron chi connectivity index (χ3n) is 4.83. The highest BCUT2D eigenvalue weighted by atomic mass is 16.5. The van der Waals surface area contributed by atoms with Crippen LogP contribution in [0, 0.1) is 5.41 Å². The van der Waals surface area contributed by atoms with E-state index in [1.165, 1.54) is 32.1 Å². The van der Waals surface area contributed by atoms with Crippen LogP contribution in [-0.2, 0) is 11.3 Å². The van der Waals surface area contributed by atoms with Crippen LogP contribution in [0.4, 0.5) is 0 Å². The number of hydrogen-bond donors (Lipinski definition) is 2. The van der Waals surface area contributed by atoms with Gasteiger partial charge in [-0.25, -0.2) is 0 Å². The Balaban J connectivity index is 1.61. The molecule has 3 rings (SSSR count). The summed E-state index contributed by atoms with van der Waals surface area (Å²) < 4.78 is 5.95. The zero-order valence-electron chi connectivity index (χ0n) is 11.6. The predicted molar refractivity (Wildman–Crippen MR) is 70.4 cm³/mol. The van der Waals surface area contributed by atoms with Gasteiger partial charge >= 0.3 is 0 Å². The van der Waals surface area contributed by atoms with E-state index in [-0.39, 0.29) is 0 Å². The Kier molecular flexibility index (Phi) is 3.79. The highest BCUT2D eigenvalue weighted by Gasteiger charge is 2.55. The van der Waals surface area contributed by atoms with E-state index in [2.05, 4.69) is 32.9 Å². The van der Waals surface area contributed by atoms with Gasteiger partial charge in [-0.05, 0) is 26.2 Å². The molecule has 2 atom stereocenters. The zero-order valence-corrected chi connectivity index (χ0v) is 11.6. The summed E-state index contributed by atoms with van der Waals surface area (Å²) in [5.74, 6) is 0.741. The molecule has 2 N–H and O–H groups in total. The van der Waals surface area contributed by atoms with Crippen LogP contribution >= 0.6 is 0 Å². The summed E-state index contributed by atoms with van der Waals surface area (Å²) in [4.78, 5) is 0. The third kappa shape index (κ3) is 2.39. The average molecular weight is 265 g/mol. The quantitative estimate of drug-likeness (QED) is 0.842. The van der Waals surface area contributed by atoms with Gasteiger partial charge in [0, 0.05) is 18.1 Å². The van der Waals surface area contributed by atoms with Crippen molar-refractivity contribution in [1.82, 2.24) is 25.9 Å². The molecule has 2 unspecified atom stereocenters. The fourth-order valence-electron chi connectivity index (χ4n) is 3.82. The molecule has 2 fully saturated rings. The monoisotopic (exact) mass is 265 g/mol. The van der Waals surface area contributed by atoms with Crippen molar-refractivity contribution >= 4 is 0 Å². The topological polar surface area (TPSA) is 75.7 Å². The van der Waals surface area contributed by atoms with E-state index in [9.17, 15) is 0 Å². The van der Waals surface area contributed by atoms with E-state index < -0.39 is 0 Å².